The molecule has 248 valence electrons. The van der Waals surface area contributed by atoms with Crippen molar-refractivity contribution in [1.29, 1.82) is 0 Å². The maximum Gasteiger partial charge on any atom is 0.151 e. The molecule has 0 amide bonds. The minimum Gasteiger partial charge on any atom is -0.453 e. The molecule has 4 aromatic rings. The maximum atomic E-state index is 6.71. The molecular formula is C41H52N4O2. The van der Waals surface area contributed by atoms with Gasteiger partial charge in [0.15, 0.2) is 11.5 Å². The minimum atomic E-state index is 0.796. The predicted octanol–water partition coefficient (Wildman–Crippen LogP) is 9.87. The fourth-order valence-corrected chi connectivity index (χ4v) is 5.75. The highest BCUT2D eigenvalue weighted by molar-refractivity contribution is 5.84. The third-order valence-electron chi connectivity index (χ3n) is 8.12. The lowest BCUT2D eigenvalue weighted by atomic mass is 9.99. The van der Waals surface area contributed by atoms with Crippen LogP contribution in [-0.4, -0.2) is 70.3 Å². The molecule has 0 aliphatic carbocycles. The van der Waals surface area contributed by atoms with Gasteiger partial charge in [-0.3, -0.25) is 4.90 Å². The number of hydrogen-bond acceptors (Lipinski definition) is 6. The van der Waals surface area contributed by atoms with Crippen molar-refractivity contribution in [2.24, 2.45) is 0 Å². The Labute approximate surface area is 282 Å². The number of rotatable bonds is 9. The number of nitrogens with zero attached hydrogens (tertiary/aromatic N) is 3. The number of fused-ring (bicyclic) bond motifs is 2. The number of hydrogen-bond donors (Lipinski definition) is 1. The summed E-state index contributed by atoms with van der Waals surface area (Å²) in [6, 6.07) is 28.2. The molecule has 6 heteroatoms. The molecule has 1 saturated heterocycles. The summed E-state index contributed by atoms with van der Waals surface area (Å²) in [4.78, 5) is 6.94. The van der Waals surface area contributed by atoms with Crippen molar-refractivity contribution in [1.82, 2.24) is 9.80 Å². The normalized spacial score (nSPS) is 13.6. The maximum absolute atomic E-state index is 6.71. The van der Waals surface area contributed by atoms with Crippen molar-refractivity contribution in [3.63, 3.8) is 0 Å². The molecule has 0 radical (unpaired) electrons. The van der Waals surface area contributed by atoms with Gasteiger partial charge in [0.05, 0.1) is 24.6 Å². The Morgan fingerprint density at radius 3 is 1.96 bits per heavy atom. The number of ether oxygens (including phenoxy) is 2. The highest BCUT2D eigenvalue weighted by Gasteiger charge is 2.26. The summed E-state index contributed by atoms with van der Waals surface area (Å²) in [5.74, 6) is 1.74. The zero-order valence-electron chi connectivity index (χ0n) is 29.3. The van der Waals surface area contributed by atoms with Crippen LogP contribution >= 0.6 is 0 Å². The largest absolute Gasteiger partial charge is 0.453 e. The van der Waals surface area contributed by atoms with Crippen LogP contribution < -0.4 is 15.0 Å². The van der Waals surface area contributed by atoms with Crippen LogP contribution in [-0.2, 0) is 4.74 Å². The first-order valence-electron chi connectivity index (χ1n) is 17.0. The Balaban J connectivity index is 0.00000120. The van der Waals surface area contributed by atoms with E-state index in [0.717, 1.165) is 101 Å². The second-order valence-electron chi connectivity index (χ2n) is 11.2. The average molecular weight is 633 g/mol. The lowest BCUT2D eigenvalue weighted by molar-refractivity contribution is 0.0394. The summed E-state index contributed by atoms with van der Waals surface area (Å²) < 4.78 is 12.3. The van der Waals surface area contributed by atoms with E-state index in [1.165, 1.54) is 0 Å². The molecule has 47 heavy (non-hydrogen) atoms. The second kappa shape index (κ2) is 17.4. The summed E-state index contributed by atoms with van der Waals surface area (Å²) in [7, 11) is 6.00. The predicted molar refractivity (Wildman–Crippen MR) is 203 cm³/mol. The molecule has 0 atom stereocenters. The third kappa shape index (κ3) is 8.64. The van der Waals surface area contributed by atoms with Gasteiger partial charge in [0, 0.05) is 53.0 Å². The highest BCUT2D eigenvalue weighted by atomic mass is 16.5. The van der Waals surface area contributed by atoms with E-state index in [4.69, 9.17) is 9.47 Å². The first kappa shape index (κ1) is 35.3. The topological polar surface area (TPSA) is 40.2 Å². The second-order valence-corrected chi connectivity index (χ2v) is 11.2. The average Bonchev–Trinajstić information content (AvgIpc) is 3.13. The third-order valence-corrected chi connectivity index (χ3v) is 8.12. The van der Waals surface area contributed by atoms with Gasteiger partial charge in [-0.15, -0.1) is 0 Å². The van der Waals surface area contributed by atoms with Crippen molar-refractivity contribution >= 4 is 29.2 Å². The summed E-state index contributed by atoms with van der Waals surface area (Å²) >= 11 is 0. The minimum absolute atomic E-state index is 0.796. The van der Waals surface area contributed by atoms with E-state index in [-0.39, 0.29) is 0 Å². The molecule has 1 N–H and O–H groups in total. The Morgan fingerprint density at radius 2 is 1.36 bits per heavy atom. The van der Waals surface area contributed by atoms with Crippen molar-refractivity contribution < 1.29 is 9.47 Å². The fraction of sp³-hybridized carbons (Fsp3) is 0.317. The molecule has 1 fully saturated rings. The van der Waals surface area contributed by atoms with Gasteiger partial charge in [-0.1, -0.05) is 76.7 Å². The molecule has 0 saturated carbocycles. The standard InChI is InChI=1S/C37H40N4O2.2C2H6/c1-5-28-24-30(9-12-33(28)38-2)32-11-14-35-37(26-32)43-36-25-31(29-8-6-7-27(23-29)15-16-39(3)4)10-13-34(36)41(35)18-17-40-19-21-42-22-20-40;2*1-2/h5-16,23-26,38H,1,17-22H2,2-4H3;2*1-2H3/b16-15-;;. The molecule has 6 nitrogen and oxygen atoms in total. The Morgan fingerprint density at radius 1 is 0.766 bits per heavy atom. The van der Waals surface area contributed by atoms with Gasteiger partial charge in [-0.05, 0) is 88.1 Å². The smallest absolute Gasteiger partial charge is 0.151 e. The molecular weight excluding hydrogens is 580 g/mol. The number of nitrogens with one attached hydrogen (secondary N) is 1. The molecule has 0 spiro atoms. The number of morpholine rings is 1. The van der Waals surface area contributed by atoms with Crippen LogP contribution in [0.3, 0.4) is 0 Å². The van der Waals surface area contributed by atoms with Crippen LogP contribution in [0.25, 0.3) is 34.4 Å². The van der Waals surface area contributed by atoms with E-state index in [0.29, 0.717) is 0 Å². The van der Waals surface area contributed by atoms with E-state index >= 15 is 0 Å². The summed E-state index contributed by atoms with van der Waals surface area (Å²) in [5.41, 5.74) is 10.00. The van der Waals surface area contributed by atoms with Crippen molar-refractivity contribution in [2.75, 3.05) is 70.8 Å². The van der Waals surface area contributed by atoms with Crippen molar-refractivity contribution in [3.8, 4) is 33.8 Å². The van der Waals surface area contributed by atoms with Crippen LogP contribution in [0.1, 0.15) is 38.8 Å². The van der Waals surface area contributed by atoms with Gasteiger partial charge >= 0.3 is 0 Å². The van der Waals surface area contributed by atoms with Crippen LogP contribution in [0, 0.1) is 0 Å². The molecule has 2 aliphatic heterocycles. The number of anilines is 3. The molecule has 4 aromatic carbocycles. The van der Waals surface area contributed by atoms with Gasteiger partial charge in [0.1, 0.15) is 0 Å². The molecule has 2 aliphatic rings. The Kier molecular flexibility index (Phi) is 13.1. The Hall–Kier alpha value is -4.52. The van der Waals surface area contributed by atoms with Gasteiger partial charge in [0.25, 0.3) is 0 Å². The summed E-state index contributed by atoms with van der Waals surface area (Å²) in [6.45, 7) is 17.4. The lowest BCUT2D eigenvalue weighted by Crippen LogP contribution is -2.41. The molecule has 6 rings (SSSR count). The Bertz CT molecular complexity index is 1640. The quantitative estimate of drug-likeness (QED) is 0.198. The molecule has 0 aromatic heterocycles. The highest BCUT2D eigenvalue weighted by Crippen LogP contribution is 2.49. The van der Waals surface area contributed by atoms with E-state index in [1.54, 1.807) is 0 Å². The van der Waals surface area contributed by atoms with E-state index < -0.39 is 0 Å². The zero-order chi connectivity index (χ0) is 33.8. The molecule has 2 heterocycles. The van der Waals surface area contributed by atoms with Crippen LogP contribution in [0.2, 0.25) is 0 Å². The lowest BCUT2D eigenvalue weighted by Gasteiger charge is -2.35. The van der Waals surface area contributed by atoms with Crippen LogP contribution in [0.5, 0.6) is 11.5 Å². The zero-order valence-corrected chi connectivity index (χ0v) is 29.3. The van der Waals surface area contributed by atoms with Crippen molar-refractivity contribution in [2.45, 2.75) is 27.7 Å². The van der Waals surface area contributed by atoms with E-state index in [9.17, 15) is 0 Å². The first-order chi connectivity index (χ1) is 23.0. The first-order valence-corrected chi connectivity index (χ1v) is 17.0. The number of benzene rings is 4. The fourth-order valence-electron chi connectivity index (χ4n) is 5.75. The van der Waals surface area contributed by atoms with E-state index in [1.807, 2.05) is 59.8 Å². The monoisotopic (exact) mass is 632 g/mol. The summed E-state index contributed by atoms with van der Waals surface area (Å²) in [6.07, 6.45) is 6.09. The van der Waals surface area contributed by atoms with Gasteiger partial charge in [-0.2, -0.15) is 0 Å². The SMILES string of the molecule is C=Cc1cc(-c2ccc3c(c2)Oc2cc(-c4cccc(/C=C\N(C)C)c4)ccc2N3CCN2CCOCC2)ccc1NC.CC.CC. The van der Waals surface area contributed by atoms with Gasteiger partial charge in [-0.25, -0.2) is 0 Å². The molecule has 0 unspecified atom stereocenters. The molecule has 0 bridgehead atoms. The van der Waals surface area contributed by atoms with Crippen LogP contribution in [0.4, 0.5) is 17.1 Å². The van der Waals surface area contributed by atoms with Gasteiger partial charge < -0.3 is 24.6 Å². The van der Waals surface area contributed by atoms with E-state index in [2.05, 4.69) is 113 Å². The van der Waals surface area contributed by atoms with Gasteiger partial charge in [0.2, 0.25) is 0 Å². The van der Waals surface area contributed by atoms with Crippen LogP contribution in [0.15, 0.2) is 91.6 Å². The summed E-state index contributed by atoms with van der Waals surface area (Å²) in [5, 5.41) is 3.25. The van der Waals surface area contributed by atoms with Crippen molar-refractivity contribution in [3.05, 3.63) is 103 Å².